The molecular weight excluding hydrogens is 184 g/mol. The van der Waals surface area contributed by atoms with Gasteiger partial charge in [0.1, 0.15) is 11.6 Å². The first kappa shape index (κ1) is 15.7. The lowest BCUT2D eigenvalue weighted by Crippen LogP contribution is -2.09. The van der Waals surface area contributed by atoms with Crippen molar-refractivity contribution in [3.05, 3.63) is 0 Å². The molecule has 1 N–H and O–H groups in total. The van der Waals surface area contributed by atoms with Crippen LogP contribution in [0.2, 0.25) is 0 Å². The summed E-state index contributed by atoms with van der Waals surface area (Å²) in [5.41, 5.74) is 0. The first-order valence-corrected chi connectivity index (χ1v) is 4.64. The Labute approximate surface area is 85.3 Å². The zero-order chi connectivity index (χ0) is 11.6. The fourth-order valence-corrected chi connectivity index (χ4v) is 0.639. The predicted octanol–water partition coefficient (Wildman–Crippen LogP) is 0.958. The molecule has 0 saturated heterocycles. The Balaban J connectivity index is 0. The number of aliphatic hydroxyl groups is 1. The fraction of sp³-hybridized carbons (Fsp3) is 0.800. The van der Waals surface area contributed by atoms with E-state index in [1.54, 1.807) is 6.92 Å². The van der Waals surface area contributed by atoms with E-state index in [4.69, 9.17) is 9.84 Å². The summed E-state index contributed by atoms with van der Waals surface area (Å²) in [6.45, 7) is 7.56. The molecule has 4 heteroatoms. The summed E-state index contributed by atoms with van der Waals surface area (Å²) in [5, 5.41) is 8.56. The molecule has 0 spiro atoms. The Bertz CT molecular complexity index is 152. The average Bonchev–Trinajstić information content (AvgIpc) is 1.99. The minimum atomic E-state index is -0.319. The normalized spacial score (nSPS) is 11.2. The largest absolute Gasteiger partial charge is 0.391 e. The number of hydrogen-bond acceptors (Lipinski definition) is 4. The zero-order valence-corrected chi connectivity index (χ0v) is 9.37. The van der Waals surface area contributed by atoms with Crippen molar-refractivity contribution < 1.29 is 19.4 Å². The van der Waals surface area contributed by atoms with Gasteiger partial charge in [0.25, 0.3) is 0 Å². The molecule has 0 saturated carbocycles. The highest BCUT2D eigenvalue weighted by Gasteiger charge is 1.94. The standard InChI is InChI=1S/C5H8O2.C5H12O2/c1-4(6)3-5(2)7;1-3-7-4-5(2)6/h3H2,1-2H3;5-6H,3-4H2,1-2H3. The van der Waals surface area contributed by atoms with Crippen LogP contribution in [0.15, 0.2) is 0 Å². The fourth-order valence-electron chi connectivity index (χ4n) is 0.639. The average molecular weight is 204 g/mol. The molecule has 84 valence electrons. The third kappa shape index (κ3) is 22.5. The van der Waals surface area contributed by atoms with Gasteiger partial charge in [-0.15, -0.1) is 0 Å². The van der Waals surface area contributed by atoms with E-state index in [2.05, 4.69) is 0 Å². The summed E-state index contributed by atoms with van der Waals surface area (Å²) in [6.07, 6.45) is -0.236. The Kier molecular flexibility index (Phi) is 11.6. The first-order valence-electron chi connectivity index (χ1n) is 4.64. The maximum atomic E-state index is 10.0. The summed E-state index contributed by atoms with van der Waals surface area (Å²) in [4.78, 5) is 20.1. The predicted molar refractivity (Wildman–Crippen MR) is 54.2 cm³/mol. The van der Waals surface area contributed by atoms with Crippen LogP contribution in [-0.2, 0) is 14.3 Å². The van der Waals surface area contributed by atoms with Gasteiger partial charge in [0.05, 0.1) is 19.1 Å². The number of carbonyl (C=O) groups excluding carboxylic acids is 2. The molecular formula is C10H20O4. The molecule has 0 aromatic rings. The van der Waals surface area contributed by atoms with E-state index in [-0.39, 0.29) is 24.1 Å². The van der Waals surface area contributed by atoms with Crippen molar-refractivity contribution in [2.45, 2.75) is 40.2 Å². The lowest BCUT2D eigenvalue weighted by molar-refractivity contribution is -0.124. The van der Waals surface area contributed by atoms with Crippen LogP contribution in [0.5, 0.6) is 0 Å². The number of aliphatic hydroxyl groups excluding tert-OH is 1. The van der Waals surface area contributed by atoms with Crippen LogP contribution in [0.1, 0.15) is 34.1 Å². The minimum Gasteiger partial charge on any atom is -0.391 e. The quantitative estimate of drug-likeness (QED) is 0.677. The van der Waals surface area contributed by atoms with Crippen molar-refractivity contribution in [2.75, 3.05) is 13.2 Å². The van der Waals surface area contributed by atoms with E-state index < -0.39 is 0 Å². The second kappa shape index (κ2) is 10.3. The number of Topliss-reactive ketones (excluding diaryl/α,β-unsaturated/α-hetero) is 2. The number of ether oxygens (including phenoxy) is 1. The zero-order valence-electron chi connectivity index (χ0n) is 9.37. The van der Waals surface area contributed by atoms with Crippen LogP contribution in [0.3, 0.4) is 0 Å². The van der Waals surface area contributed by atoms with Crippen molar-refractivity contribution in [3.8, 4) is 0 Å². The van der Waals surface area contributed by atoms with Gasteiger partial charge in [0.2, 0.25) is 0 Å². The van der Waals surface area contributed by atoms with E-state index in [0.717, 1.165) is 0 Å². The van der Waals surface area contributed by atoms with Gasteiger partial charge in [0.15, 0.2) is 0 Å². The highest BCUT2D eigenvalue weighted by Crippen LogP contribution is 1.80. The molecule has 0 rings (SSSR count). The molecule has 4 nitrogen and oxygen atoms in total. The minimum absolute atomic E-state index is 0.0625. The number of carbonyl (C=O) groups is 2. The van der Waals surface area contributed by atoms with Gasteiger partial charge in [-0.2, -0.15) is 0 Å². The van der Waals surface area contributed by atoms with Gasteiger partial charge >= 0.3 is 0 Å². The summed E-state index contributed by atoms with van der Waals surface area (Å²) in [7, 11) is 0. The molecule has 0 aliphatic carbocycles. The van der Waals surface area contributed by atoms with Crippen LogP contribution in [0, 0.1) is 0 Å². The van der Waals surface area contributed by atoms with Crippen LogP contribution in [0.4, 0.5) is 0 Å². The number of rotatable bonds is 5. The molecule has 0 bridgehead atoms. The van der Waals surface area contributed by atoms with E-state index in [1.165, 1.54) is 13.8 Å². The number of ketones is 2. The maximum absolute atomic E-state index is 10.0. The first-order chi connectivity index (χ1) is 6.40. The molecule has 0 aliphatic rings. The van der Waals surface area contributed by atoms with Gasteiger partial charge in [-0.25, -0.2) is 0 Å². The van der Waals surface area contributed by atoms with Crippen molar-refractivity contribution in [1.82, 2.24) is 0 Å². The van der Waals surface area contributed by atoms with E-state index in [9.17, 15) is 9.59 Å². The van der Waals surface area contributed by atoms with E-state index in [0.29, 0.717) is 13.2 Å². The lowest BCUT2D eigenvalue weighted by Gasteiger charge is -2.00. The van der Waals surface area contributed by atoms with Gasteiger partial charge < -0.3 is 9.84 Å². The van der Waals surface area contributed by atoms with Gasteiger partial charge in [-0.3, -0.25) is 9.59 Å². The van der Waals surface area contributed by atoms with Gasteiger partial charge in [0, 0.05) is 6.61 Å². The third-order valence-electron chi connectivity index (χ3n) is 1.06. The molecule has 0 heterocycles. The van der Waals surface area contributed by atoms with Crippen molar-refractivity contribution in [2.24, 2.45) is 0 Å². The Morgan fingerprint density at radius 1 is 1.29 bits per heavy atom. The maximum Gasteiger partial charge on any atom is 0.137 e. The Hall–Kier alpha value is -0.740. The molecule has 0 fully saturated rings. The highest BCUT2D eigenvalue weighted by atomic mass is 16.5. The van der Waals surface area contributed by atoms with E-state index in [1.807, 2.05) is 6.92 Å². The summed E-state index contributed by atoms with van der Waals surface area (Å²) in [6, 6.07) is 0. The molecule has 0 radical (unpaired) electrons. The van der Waals surface area contributed by atoms with Gasteiger partial charge in [-0.1, -0.05) is 0 Å². The molecule has 1 unspecified atom stereocenters. The highest BCUT2D eigenvalue weighted by molar-refractivity contribution is 5.96. The summed E-state index contributed by atoms with van der Waals surface area (Å²) in [5.74, 6) is -0.125. The SMILES string of the molecule is CC(=O)CC(C)=O.CCOCC(C)O. The monoisotopic (exact) mass is 204 g/mol. The van der Waals surface area contributed by atoms with Crippen molar-refractivity contribution in [3.63, 3.8) is 0 Å². The molecule has 1 atom stereocenters. The van der Waals surface area contributed by atoms with Crippen LogP contribution in [0.25, 0.3) is 0 Å². The Morgan fingerprint density at radius 2 is 1.71 bits per heavy atom. The summed E-state index contributed by atoms with van der Waals surface area (Å²) >= 11 is 0. The molecule has 14 heavy (non-hydrogen) atoms. The molecule has 0 amide bonds. The smallest absolute Gasteiger partial charge is 0.137 e. The molecule has 0 aromatic heterocycles. The summed E-state index contributed by atoms with van der Waals surface area (Å²) < 4.78 is 4.84. The number of hydrogen-bond donors (Lipinski definition) is 1. The second-order valence-electron chi connectivity index (χ2n) is 3.09. The molecule has 0 aromatic carbocycles. The topological polar surface area (TPSA) is 63.6 Å². The van der Waals surface area contributed by atoms with Gasteiger partial charge in [-0.05, 0) is 27.7 Å². The van der Waals surface area contributed by atoms with Crippen molar-refractivity contribution in [1.29, 1.82) is 0 Å². The van der Waals surface area contributed by atoms with Crippen molar-refractivity contribution >= 4 is 11.6 Å². The van der Waals surface area contributed by atoms with Crippen LogP contribution < -0.4 is 0 Å². The second-order valence-corrected chi connectivity index (χ2v) is 3.09. The lowest BCUT2D eigenvalue weighted by atomic mass is 10.2. The third-order valence-corrected chi connectivity index (χ3v) is 1.06. The van der Waals surface area contributed by atoms with Crippen LogP contribution in [-0.4, -0.2) is 36.0 Å². The van der Waals surface area contributed by atoms with Crippen LogP contribution >= 0.6 is 0 Å². The van der Waals surface area contributed by atoms with E-state index >= 15 is 0 Å². The molecule has 0 aliphatic heterocycles. The Morgan fingerprint density at radius 3 is 1.79 bits per heavy atom.